The second-order valence-electron chi connectivity index (χ2n) is 12.5. The second-order valence-corrected chi connectivity index (χ2v) is 12.5. The first-order valence-corrected chi connectivity index (χ1v) is 18.8. The number of hydrogen-bond donors (Lipinski definition) is 0. The summed E-state index contributed by atoms with van der Waals surface area (Å²) in [6.45, 7) is 6.41. The van der Waals surface area contributed by atoms with Crippen LogP contribution in [0.4, 0.5) is 0 Å². The smallest absolute Gasteiger partial charge is 0.306 e. The predicted octanol–water partition coefficient (Wildman–Crippen LogP) is 11.3. The number of carbonyl (C=O) groups is 3. The van der Waals surface area contributed by atoms with Gasteiger partial charge >= 0.3 is 17.9 Å². The fraction of sp³-hybridized carbons (Fsp3) is 0.821. The molecule has 0 aliphatic carbocycles. The van der Waals surface area contributed by atoms with Gasteiger partial charge in [-0.05, 0) is 51.4 Å². The van der Waals surface area contributed by atoms with E-state index in [1.807, 2.05) is 0 Å². The van der Waals surface area contributed by atoms with Crippen LogP contribution < -0.4 is 0 Å². The van der Waals surface area contributed by atoms with Crippen LogP contribution in [0.3, 0.4) is 0 Å². The Balaban J connectivity index is 4.12. The molecule has 0 bridgehead atoms. The molecule has 0 saturated heterocycles. The average molecular weight is 635 g/mol. The maximum absolute atomic E-state index is 12.4. The van der Waals surface area contributed by atoms with Crippen molar-refractivity contribution in [2.24, 2.45) is 0 Å². The topological polar surface area (TPSA) is 78.9 Å². The molecule has 0 aromatic heterocycles. The van der Waals surface area contributed by atoms with Gasteiger partial charge in [0.1, 0.15) is 13.2 Å². The number of unbranched alkanes of at least 4 members (excludes halogenated alkanes) is 18. The van der Waals surface area contributed by atoms with E-state index in [1.165, 1.54) is 57.8 Å². The van der Waals surface area contributed by atoms with E-state index < -0.39 is 6.10 Å². The highest BCUT2D eigenvalue weighted by Gasteiger charge is 2.19. The van der Waals surface area contributed by atoms with E-state index in [2.05, 4.69) is 45.1 Å². The zero-order valence-electron chi connectivity index (χ0n) is 29.6. The van der Waals surface area contributed by atoms with Gasteiger partial charge in [0, 0.05) is 19.3 Å². The van der Waals surface area contributed by atoms with Gasteiger partial charge in [0.25, 0.3) is 0 Å². The Bertz CT molecular complexity index is 744. The zero-order valence-corrected chi connectivity index (χ0v) is 29.6. The average Bonchev–Trinajstić information content (AvgIpc) is 3.03. The van der Waals surface area contributed by atoms with E-state index in [4.69, 9.17) is 14.2 Å². The van der Waals surface area contributed by atoms with Crippen LogP contribution in [-0.2, 0) is 28.6 Å². The standard InChI is InChI=1S/C39H70O6/c1-4-7-10-13-14-15-16-17-18-19-20-21-22-23-24-27-29-32-38(41)44-35-36(45-39(42)33-30-26-12-9-6-3)34-43-37(40)31-28-25-11-8-5-2/h14-15,17-18,36H,4-13,16,19-35H2,1-3H3/b15-14-,18-17-. The first-order valence-electron chi connectivity index (χ1n) is 18.8. The minimum atomic E-state index is -0.761. The van der Waals surface area contributed by atoms with Gasteiger partial charge in [0.15, 0.2) is 6.10 Å². The van der Waals surface area contributed by atoms with Crippen molar-refractivity contribution in [3.8, 4) is 0 Å². The highest BCUT2D eigenvalue weighted by molar-refractivity contribution is 5.71. The van der Waals surface area contributed by atoms with Gasteiger partial charge in [0.05, 0.1) is 0 Å². The molecule has 1 atom stereocenters. The van der Waals surface area contributed by atoms with Gasteiger partial charge in [-0.1, -0.05) is 141 Å². The summed E-state index contributed by atoms with van der Waals surface area (Å²) < 4.78 is 16.4. The number of ether oxygens (including phenoxy) is 3. The van der Waals surface area contributed by atoms with Crippen molar-refractivity contribution in [3.63, 3.8) is 0 Å². The molecule has 1 unspecified atom stereocenters. The molecule has 0 saturated carbocycles. The lowest BCUT2D eigenvalue weighted by Crippen LogP contribution is -2.30. The summed E-state index contributed by atoms with van der Waals surface area (Å²) in [5.74, 6) is -0.916. The highest BCUT2D eigenvalue weighted by Crippen LogP contribution is 2.12. The summed E-state index contributed by atoms with van der Waals surface area (Å²) in [4.78, 5) is 36.9. The van der Waals surface area contributed by atoms with Crippen LogP contribution in [0.1, 0.15) is 188 Å². The van der Waals surface area contributed by atoms with Gasteiger partial charge in [-0.3, -0.25) is 14.4 Å². The van der Waals surface area contributed by atoms with E-state index in [1.54, 1.807) is 0 Å². The van der Waals surface area contributed by atoms with Crippen molar-refractivity contribution < 1.29 is 28.6 Å². The normalized spacial score (nSPS) is 12.2. The Morgan fingerprint density at radius 1 is 0.444 bits per heavy atom. The third-order valence-electron chi connectivity index (χ3n) is 7.96. The van der Waals surface area contributed by atoms with E-state index >= 15 is 0 Å². The third kappa shape index (κ3) is 33.1. The van der Waals surface area contributed by atoms with Crippen LogP contribution >= 0.6 is 0 Å². The number of allylic oxidation sites excluding steroid dienone is 4. The molecule has 0 aromatic rings. The summed E-state index contributed by atoms with van der Waals surface area (Å²) in [6.07, 6.45) is 35.1. The van der Waals surface area contributed by atoms with Crippen molar-refractivity contribution in [2.75, 3.05) is 13.2 Å². The Labute approximate surface area is 277 Å². The largest absolute Gasteiger partial charge is 0.462 e. The van der Waals surface area contributed by atoms with Gasteiger partial charge in [0.2, 0.25) is 0 Å². The molecule has 0 radical (unpaired) electrons. The van der Waals surface area contributed by atoms with Gasteiger partial charge < -0.3 is 14.2 Å². The lowest BCUT2D eigenvalue weighted by Gasteiger charge is -2.18. The molecule has 6 heteroatoms. The predicted molar refractivity (Wildman–Crippen MR) is 187 cm³/mol. The first kappa shape index (κ1) is 42.9. The van der Waals surface area contributed by atoms with Gasteiger partial charge in [-0.25, -0.2) is 0 Å². The molecule has 0 fully saturated rings. The van der Waals surface area contributed by atoms with Crippen molar-refractivity contribution in [3.05, 3.63) is 24.3 Å². The minimum absolute atomic E-state index is 0.0748. The Kier molecular flexibility index (Phi) is 33.1. The minimum Gasteiger partial charge on any atom is -0.462 e. The van der Waals surface area contributed by atoms with Crippen LogP contribution in [0.5, 0.6) is 0 Å². The molecule has 0 aromatic carbocycles. The van der Waals surface area contributed by atoms with E-state index in [9.17, 15) is 14.4 Å². The summed E-state index contributed by atoms with van der Waals surface area (Å²) in [6, 6.07) is 0. The number of hydrogen-bond acceptors (Lipinski definition) is 6. The fourth-order valence-electron chi connectivity index (χ4n) is 5.06. The number of esters is 3. The van der Waals surface area contributed by atoms with Crippen LogP contribution in [0.25, 0.3) is 0 Å². The summed E-state index contributed by atoms with van der Waals surface area (Å²) >= 11 is 0. The molecule has 0 spiro atoms. The number of rotatable bonds is 33. The van der Waals surface area contributed by atoms with E-state index in [0.717, 1.165) is 89.9 Å². The van der Waals surface area contributed by atoms with Crippen LogP contribution in [0.15, 0.2) is 24.3 Å². The molecule has 0 heterocycles. The molecule has 6 nitrogen and oxygen atoms in total. The molecular formula is C39H70O6. The first-order chi connectivity index (χ1) is 22.0. The Morgan fingerprint density at radius 2 is 0.800 bits per heavy atom. The van der Waals surface area contributed by atoms with Crippen molar-refractivity contribution in [1.29, 1.82) is 0 Å². The van der Waals surface area contributed by atoms with Gasteiger partial charge in [-0.15, -0.1) is 0 Å². The molecular weight excluding hydrogens is 564 g/mol. The van der Waals surface area contributed by atoms with Crippen molar-refractivity contribution in [1.82, 2.24) is 0 Å². The lowest BCUT2D eigenvalue weighted by molar-refractivity contribution is -0.167. The van der Waals surface area contributed by atoms with E-state index in [0.29, 0.717) is 19.3 Å². The Hall–Kier alpha value is -2.11. The van der Waals surface area contributed by atoms with Crippen LogP contribution in [0, 0.1) is 0 Å². The Morgan fingerprint density at radius 3 is 1.27 bits per heavy atom. The SMILES string of the molecule is CCCCC/C=C\C/C=C\CCCCCCCCCC(=O)OCC(COC(=O)CCCCCCC)OC(=O)CCCCCCC. The van der Waals surface area contributed by atoms with Crippen molar-refractivity contribution >= 4 is 17.9 Å². The molecule has 0 aliphatic rings. The number of carbonyl (C=O) groups excluding carboxylic acids is 3. The maximum Gasteiger partial charge on any atom is 0.306 e. The maximum atomic E-state index is 12.4. The van der Waals surface area contributed by atoms with Crippen LogP contribution in [0.2, 0.25) is 0 Å². The summed E-state index contributed by atoms with van der Waals surface area (Å²) in [5, 5.41) is 0. The third-order valence-corrected chi connectivity index (χ3v) is 7.96. The zero-order chi connectivity index (χ0) is 33.1. The molecule has 262 valence electrons. The fourth-order valence-corrected chi connectivity index (χ4v) is 5.06. The monoisotopic (exact) mass is 635 g/mol. The van der Waals surface area contributed by atoms with Crippen molar-refractivity contribution in [2.45, 2.75) is 194 Å². The second kappa shape index (κ2) is 34.8. The van der Waals surface area contributed by atoms with Gasteiger partial charge in [-0.2, -0.15) is 0 Å². The molecule has 0 aliphatic heterocycles. The highest BCUT2D eigenvalue weighted by atomic mass is 16.6. The summed E-state index contributed by atoms with van der Waals surface area (Å²) in [7, 11) is 0. The quantitative estimate of drug-likeness (QED) is 0.0309. The summed E-state index contributed by atoms with van der Waals surface area (Å²) in [5.41, 5.74) is 0. The van der Waals surface area contributed by atoms with E-state index in [-0.39, 0.29) is 31.1 Å². The molecule has 45 heavy (non-hydrogen) atoms. The lowest BCUT2D eigenvalue weighted by atomic mass is 10.1. The molecule has 0 amide bonds. The molecule has 0 rings (SSSR count). The molecule has 0 N–H and O–H groups in total. The van der Waals surface area contributed by atoms with Crippen LogP contribution in [-0.4, -0.2) is 37.2 Å².